The van der Waals surface area contributed by atoms with Crippen molar-refractivity contribution in [3.05, 3.63) is 82.9 Å². The lowest BCUT2D eigenvalue weighted by Gasteiger charge is -2.13. The summed E-state index contributed by atoms with van der Waals surface area (Å²) in [5.41, 5.74) is 4.62. The van der Waals surface area contributed by atoms with Crippen molar-refractivity contribution < 1.29 is 17.9 Å². The van der Waals surface area contributed by atoms with E-state index in [-0.39, 0.29) is 17.4 Å². The molecule has 0 atom stereocenters. The van der Waals surface area contributed by atoms with Crippen LogP contribution >= 0.6 is 0 Å². The number of carbonyl (C=O) groups excluding carboxylic acids is 1. The van der Waals surface area contributed by atoms with E-state index in [0.29, 0.717) is 29.1 Å². The Morgan fingerprint density at radius 3 is 2.24 bits per heavy atom. The van der Waals surface area contributed by atoms with Crippen LogP contribution in [0.5, 0.6) is 5.75 Å². The van der Waals surface area contributed by atoms with Crippen molar-refractivity contribution >= 4 is 27.3 Å². The SMILES string of the molecule is Cc1ccc(NS(=O)(=O)c2ccc(OCC(=O)Nc3ccc(CC#N)cc3)c(C)c2)cc1C. The monoisotopic (exact) mass is 463 g/mol. The number of amides is 1. The van der Waals surface area contributed by atoms with Crippen molar-refractivity contribution in [2.24, 2.45) is 0 Å². The van der Waals surface area contributed by atoms with Gasteiger partial charge in [0.2, 0.25) is 0 Å². The Hall–Kier alpha value is -3.83. The van der Waals surface area contributed by atoms with Crippen molar-refractivity contribution in [1.82, 2.24) is 0 Å². The highest BCUT2D eigenvalue weighted by molar-refractivity contribution is 7.92. The molecule has 0 aliphatic carbocycles. The maximum atomic E-state index is 12.8. The van der Waals surface area contributed by atoms with E-state index >= 15 is 0 Å². The Morgan fingerprint density at radius 2 is 1.61 bits per heavy atom. The Balaban J connectivity index is 1.62. The molecule has 0 spiro atoms. The number of ether oxygens (including phenoxy) is 1. The lowest BCUT2D eigenvalue weighted by Crippen LogP contribution is -2.20. The van der Waals surface area contributed by atoms with Gasteiger partial charge in [0, 0.05) is 11.4 Å². The topological polar surface area (TPSA) is 108 Å². The number of sulfonamides is 1. The van der Waals surface area contributed by atoms with Gasteiger partial charge in [-0.15, -0.1) is 0 Å². The second-order valence-corrected chi connectivity index (χ2v) is 9.38. The summed E-state index contributed by atoms with van der Waals surface area (Å²) in [4.78, 5) is 12.3. The van der Waals surface area contributed by atoms with Crippen LogP contribution in [0.4, 0.5) is 11.4 Å². The van der Waals surface area contributed by atoms with E-state index in [4.69, 9.17) is 10.00 Å². The van der Waals surface area contributed by atoms with Crippen molar-refractivity contribution in [3.8, 4) is 11.8 Å². The Morgan fingerprint density at radius 1 is 0.909 bits per heavy atom. The molecule has 3 rings (SSSR count). The van der Waals surface area contributed by atoms with Crippen LogP contribution in [0.25, 0.3) is 0 Å². The molecule has 0 aromatic heterocycles. The van der Waals surface area contributed by atoms with Crippen LogP contribution in [0.15, 0.2) is 65.6 Å². The number of nitrogens with zero attached hydrogens (tertiary/aromatic N) is 1. The van der Waals surface area contributed by atoms with Crippen LogP contribution in [0.2, 0.25) is 0 Å². The van der Waals surface area contributed by atoms with E-state index in [1.54, 1.807) is 43.3 Å². The van der Waals surface area contributed by atoms with Crippen LogP contribution in [-0.2, 0) is 21.2 Å². The summed E-state index contributed by atoms with van der Waals surface area (Å²) < 4.78 is 33.7. The van der Waals surface area contributed by atoms with E-state index in [0.717, 1.165) is 16.7 Å². The van der Waals surface area contributed by atoms with Crippen molar-refractivity contribution in [2.75, 3.05) is 16.6 Å². The molecule has 0 bridgehead atoms. The van der Waals surface area contributed by atoms with Crippen LogP contribution < -0.4 is 14.8 Å². The molecule has 0 heterocycles. The number of hydrogen-bond donors (Lipinski definition) is 2. The molecule has 0 saturated heterocycles. The molecule has 3 aromatic rings. The minimum atomic E-state index is -3.77. The summed E-state index contributed by atoms with van der Waals surface area (Å²) in [6, 6.07) is 18.9. The third-order valence-corrected chi connectivity index (χ3v) is 6.47. The van der Waals surface area contributed by atoms with E-state index in [2.05, 4.69) is 16.1 Å². The first-order valence-electron chi connectivity index (χ1n) is 10.3. The number of benzene rings is 3. The minimum absolute atomic E-state index is 0.104. The smallest absolute Gasteiger partial charge is 0.262 e. The molecule has 0 saturated carbocycles. The lowest BCUT2D eigenvalue weighted by molar-refractivity contribution is -0.118. The van der Waals surface area contributed by atoms with Crippen molar-refractivity contribution in [1.29, 1.82) is 5.26 Å². The number of nitrogens with one attached hydrogen (secondary N) is 2. The van der Waals surface area contributed by atoms with Gasteiger partial charge in [-0.25, -0.2) is 8.42 Å². The number of carbonyl (C=O) groups is 1. The summed E-state index contributed by atoms with van der Waals surface area (Å²) in [7, 11) is -3.77. The maximum Gasteiger partial charge on any atom is 0.262 e. The van der Waals surface area contributed by atoms with E-state index in [9.17, 15) is 13.2 Å². The molecule has 1 amide bonds. The summed E-state index contributed by atoms with van der Waals surface area (Å²) in [6.45, 7) is 5.37. The van der Waals surface area contributed by atoms with Gasteiger partial charge in [-0.3, -0.25) is 9.52 Å². The molecule has 0 fully saturated rings. The van der Waals surface area contributed by atoms with Gasteiger partial charge in [-0.2, -0.15) is 5.26 Å². The number of nitriles is 1. The molecule has 3 aromatic carbocycles. The number of hydrogen-bond acceptors (Lipinski definition) is 5. The van der Waals surface area contributed by atoms with Crippen LogP contribution in [-0.4, -0.2) is 20.9 Å². The zero-order valence-corrected chi connectivity index (χ0v) is 19.5. The van der Waals surface area contributed by atoms with Gasteiger partial charge in [0.1, 0.15) is 5.75 Å². The standard InChI is InChI=1S/C25H25N3O4S/c1-17-4-7-22(14-18(17)2)28-33(30,31)23-10-11-24(19(3)15-23)32-16-25(29)27-21-8-5-20(6-9-21)12-13-26/h4-11,14-15,28H,12,16H2,1-3H3,(H,27,29). The molecule has 2 N–H and O–H groups in total. The van der Waals surface area contributed by atoms with E-state index in [1.165, 1.54) is 18.2 Å². The van der Waals surface area contributed by atoms with Crippen molar-refractivity contribution in [3.63, 3.8) is 0 Å². The second kappa shape index (κ2) is 10.2. The van der Waals surface area contributed by atoms with Gasteiger partial charge in [-0.1, -0.05) is 18.2 Å². The first-order valence-corrected chi connectivity index (χ1v) is 11.8. The molecule has 0 aliphatic heterocycles. The molecule has 170 valence electrons. The molecule has 7 nitrogen and oxygen atoms in total. The second-order valence-electron chi connectivity index (χ2n) is 7.70. The average molecular weight is 464 g/mol. The summed E-state index contributed by atoms with van der Waals surface area (Å²) in [6.07, 6.45) is 0.308. The van der Waals surface area contributed by atoms with Gasteiger partial charge >= 0.3 is 0 Å². The van der Waals surface area contributed by atoms with Crippen molar-refractivity contribution in [2.45, 2.75) is 32.1 Å². The molecule has 0 radical (unpaired) electrons. The van der Waals surface area contributed by atoms with Gasteiger partial charge in [0.15, 0.2) is 6.61 Å². The largest absolute Gasteiger partial charge is 0.483 e. The fourth-order valence-corrected chi connectivity index (χ4v) is 4.24. The van der Waals surface area contributed by atoms with Crippen LogP contribution in [0.3, 0.4) is 0 Å². The predicted octanol–water partition coefficient (Wildman–Crippen LogP) is 4.50. The van der Waals surface area contributed by atoms with Gasteiger partial charge in [0.25, 0.3) is 15.9 Å². The Kier molecular flexibility index (Phi) is 7.36. The quantitative estimate of drug-likeness (QED) is 0.511. The number of anilines is 2. The number of aryl methyl sites for hydroxylation is 3. The molecule has 8 heteroatoms. The third kappa shape index (κ3) is 6.34. The fourth-order valence-electron chi connectivity index (χ4n) is 3.11. The minimum Gasteiger partial charge on any atom is -0.483 e. The Labute approximate surface area is 194 Å². The van der Waals surface area contributed by atoms with Gasteiger partial charge < -0.3 is 10.1 Å². The number of rotatable bonds is 8. The van der Waals surface area contributed by atoms with E-state index in [1.807, 2.05) is 19.9 Å². The summed E-state index contributed by atoms with van der Waals surface area (Å²) in [5.74, 6) is 0.0650. The zero-order valence-electron chi connectivity index (χ0n) is 18.7. The maximum absolute atomic E-state index is 12.8. The average Bonchev–Trinajstić information content (AvgIpc) is 2.77. The summed E-state index contributed by atoms with van der Waals surface area (Å²) in [5, 5.41) is 11.4. The highest BCUT2D eigenvalue weighted by Gasteiger charge is 2.16. The highest BCUT2D eigenvalue weighted by Crippen LogP contribution is 2.24. The molecular weight excluding hydrogens is 438 g/mol. The summed E-state index contributed by atoms with van der Waals surface area (Å²) >= 11 is 0. The highest BCUT2D eigenvalue weighted by atomic mass is 32.2. The third-order valence-electron chi connectivity index (χ3n) is 5.10. The molecule has 33 heavy (non-hydrogen) atoms. The van der Waals surface area contributed by atoms with Gasteiger partial charge in [-0.05, 0) is 85.5 Å². The zero-order chi connectivity index (χ0) is 24.0. The fraction of sp³-hybridized carbons (Fsp3) is 0.200. The van der Waals surface area contributed by atoms with Crippen LogP contribution in [0, 0.1) is 32.1 Å². The van der Waals surface area contributed by atoms with Crippen LogP contribution in [0.1, 0.15) is 22.3 Å². The first kappa shape index (κ1) is 23.8. The first-order chi connectivity index (χ1) is 15.7. The molecule has 0 unspecified atom stereocenters. The molecular formula is C25H25N3O4S. The molecule has 0 aliphatic rings. The normalized spacial score (nSPS) is 10.8. The van der Waals surface area contributed by atoms with E-state index < -0.39 is 10.0 Å². The lowest BCUT2D eigenvalue weighted by atomic mass is 10.1. The Bertz CT molecular complexity index is 1310. The van der Waals surface area contributed by atoms with Gasteiger partial charge in [0.05, 0.1) is 17.4 Å². The predicted molar refractivity (Wildman–Crippen MR) is 128 cm³/mol.